The zero-order valence-corrected chi connectivity index (χ0v) is 17.3. The number of benzene rings is 2. The van der Waals surface area contributed by atoms with Crippen LogP contribution in [0.3, 0.4) is 0 Å². The van der Waals surface area contributed by atoms with Crippen LogP contribution in [0, 0.1) is 23.7 Å². The fraction of sp³-hybridized carbons (Fsp3) is 0.320. The van der Waals surface area contributed by atoms with Gasteiger partial charge in [0, 0.05) is 5.69 Å². The summed E-state index contributed by atoms with van der Waals surface area (Å²) in [7, 11) is 1.59. The first-order chi connectivity index (χ1) is 15.1. The van der Waals surface area contributed by atoms with Crippen molar-refractivity contribution in [1.29, 1.82) is 0 Å². The maximum atomic E-state index is 13.4. The van der Waals surface area contributed by atoms with Gasteiger partial charge in [0.15, 0.2) is 0 Å². The molecule has 1 saturated heterocycles. The molecule has 0 aromatic heterocycles. The minimum Gasteiger partial charge on any atom is -0.497 e. The van der Waals surface area contributed by atoms with Crippen molar-refractivity contribution in [2.24, 2.45) is 23.7 Å². The number of carbonyl (C=O) groups excluding carboxylic acids is 3. The summed E-state index contributed by atoms with van der Waals surface area (Å²) in [5.41, 5.74) is 1.65. The third-order valence-corrected chi connectivity index (χ3v) is 6.72. The molecule has 1 aliphatic heterocycles. The summed E-state index contributed by atoms with van der Waals surface area (Å²) in [6.07, 6.45) is 4.99. The van der Waals surface area contributed by atoms with E-state index in [1.54, 1.807) is 24.1 Å². The van der Waals surface area contributed by atoms with Crippen LogP contribution in [0.2, 0.25) is 0 Å². The summed E-state index contributed by atoms with van der Waals surface area (Å²) in [4.78, 5) is 42.2. The molecule has 4 atom stereocenters. The molecular weight excluding hydrogens is 392 g/mol. The van der Waals surface area contributed by atoms with Crippen molar-refractivity contribution in [3.8, 4) is 5.75 Å². The fourth-order valence-electron chi connectivity index (χ4n) is 5.19. The molecule has 0 N–H and O–H groups in total. The summed E-state index contributed by atoms with van der Waals surface area (Å²) in [6, 6.07) is 16.9. The molecule has 2 bridgehead atoms. The Kier molecular flexibility index (Phi) is 4.85. The van der Waals surface area contributed by atoms with Gasteiger partial charge in [0.2, 0.25) is 17.7 Å². The van der Waals surface area contributed by atoms with Gasteiger partial charge < -0.3 is 9.64 Å². The lowest BCUT2D eigenvalue weighted by Gasteiger charge is -2.26. The number of carbonyl (C=O) groups is 3. The predicted octanol–water partition coefficient (Wildman–Crippen LogP) is 3.04. The molecule has 2 aromatic rings. The molecule has 2 fully saturated rings. The quantitative estimate of drug-likeness (QED) is 0.536. The van der Waals surface area contributed by atoms with Crippen LogP contribution in [0.4, 0.5) is 5.69 Å². The van der Waals surface area contributed by atoms with Crippen molar-refractivity contribution in [2.45, 2.75) is 13.0 Å². The Morgan fingerprint density at radius 1 is 0.968 bits per heavy atom. The average molecular weight is 416 g/mol. The normalized spacial score (nSPS) is 25.8. The first-order valence-corrected chi connectivity index (χ1v) is 10.6. The van der Waals surface area contributed by atoms with Crippen LogP contribution in [0.5, 0.6) is 5.75 Å². The van der Waals surface area contributed by atoms with Gasteiger partial charge in [0.1, 0.15) is 12.3 Å². The molecule has 3 amide bonds. The molecule has 2 aromatic carbocycles. The predicted molar refractivity (Wildman–Crippen MR) is 115 cm³/mol. The molecule has 1 saturated carbocycles. The summed E-state index contributed by atoms with van der Waals surface area (Å²) in [6.45, 7) is 0.116. The second kappa shape index (κ2) is 7.69. The Morgan fingerprint density at radius 3 is 2.16 bits per heavy atom. The number of nitrogens with zero attached hydrogens (tertiary/aromatic N) is 2. The minimum atomic E-state index is -0.293. The molecule has 5 rings (SSSR count). The number of anilines is 1. The second-order valence-electron chi connectivity index (χ2n) is 8.43. The van der Waals surface area contributed by atoms with E-state index in [9.17, 15) is 14.4 Å². The van der Waals surface area contributed by atoms with E-state index in [1.165, 1.54) is 4.90 Å². The van der Waals surface area contributed by atoms with E-state index in [0.717, 1.165) is 12.0 Å². The van der Waals surface area contributed by atoms with Gasteiger partial charge in [0.05, 0.1) is 25.5 Å². The first kappa shape index (κ1) is 19.5. The molecule has 1 heterocycles. The highest BCUT2D eigenvalue weighted by atomic mass is 16.5. The lowest BCUT2D eigenvalue weighted by molar-refractivity contribution is -0.143. The van der Waals surface area contributed by atoms with Gasteiger partial charge in [-0.15, -0.1) is 0 Å². The van der Waals surface area contributed by atoms with Crippen LogP contribution in [0.1, 0.15) is 12.0 Å². The van der Waals surface area contributed by atoms with Crippen molar-refractivity contribution in [3.05, 3.63) is 72.3 Å². The summed E-state index contributed by atoms with van der Waals surface area (Å²) in [5, 5.41) is 0. The van der Waals surface area contributed by atoms with Crippen molar-refractivity contribution in [2.75, 3.05) is 18.6 Å². The number of likely N-dealkylation sites (tertiary alicyclic amines) is 1. The third kappa shape index (κ3) is 3.32. The number of hydrogen-bond donors (Lipinski definition) is 0. The molecule has 31 heavy (non-hydrogen) atoms. The van der Waals surface area contributed by atoms with Gasteiger partial charge in [-0.3, -0.25) is 19.3 Å². The molecule has 6 nitrogen and oxygen atoms in total. The van der Waals surface area contributed by atoms with Crippen LogP contribution in [-0.4, -0.2) is 36.3 Å². The summed E-state index contributed by atoms with van der Waals surface area (Å²) in [5.74, 6) is -0.309. The summed E-state index contributed by atoms with van der Waals surface area (Å²) >= 11 is 0. The third-order valence-electron chi connectivity index (χ3n) is 6.72. The lowest BCUT2D eigenvalue weighted by Crippen LogP contribution is -2.43. The summed E-state index contributed by atoms with van der Waals surface area (Å²) < 4.78 is 5.22. The van der Waals surface area contributed by atoms with Crippen LogP contribution in [0.25, 0.3) is 0 Å². The van der Waals surface area contributed by atoms with Crippen LogP contribution in [-0.2, 0) is 20.9 Å². The van der Waals surface area contributed by atoms with E-state index >= 15 is 0 Å². The number of methoxy groups -OCH3 is 1. The van der Waals surface area contributed by atoms with Gasteiger partial charge in [-0.05, 0) is 48.1 Å². The highest BCUT2D eigenvalue weighted by Gasteiger charge is 2.59. The standard InChI is InChI=1S/C25H24N2O4/c1-31-20-11-9-19(10-12-20)26(14-16-5-3-2-4-6-16)21(28)15-27-24(29)22-17-7-8-18(13-17)23(22)25(27)30/h2-12,17-18,22-23H,13-15H2,1H3. The van der Waals surface area contributed by atoms with Crippen molar-refractivity contribution in [3.63, 3.8) is 0 Å². The van der Waals surface area contributed by atoms with Crippen molar-refractivity contribution < 1.29 is 19.1 Å². The molecule has 4 unspecified atom stereocenters. The van der Waals surface area contributed by atoms with E-state index in [2.05, 4.69) is 12.2 Å². The van der Waals surface area contributed by atoms with Gasteiger partial charge in [-0.1, -0.05) is 42.5 Å². The molecule has 158 valence electrons. The topological polar surface area (TPSA) is 66.9 Å². The zero-order valence-electron chi connectivity index (χ0n) is 17.3. The maximum Gasteiger partial charge on any atom is 0.247 e. The Labute approximate surface area is 181 Å². The van der Waals surface area contributed by atoms with Gasteiger partial charge in [-0.2, -0.15) is 0 Å². The molecule has 3 aliphatic rings. The van der Waals surface area contributed by atoms with E-state index in [-0.39, 0.29) is 47.9 Å². The lowest BCUT2D eigenvalue weighted by atomic mass is 9.85. The largest absolute Gasteiger partial charge is 0.497 e. The van der Waals surface area contributed by atoms with E-state index in [0.29, 0.717) is 18.0 Å². The molecule has 0 spiro atoms. The zero-order chi connectivity index (χ0) is 21.5. The van der Waals surface area contributed by atoms with E-state index in [1.807, 2.05) is 42.5 Å². The van der Waals surface area contributed by atoms with Crippen LogP contribution >= 0.6 is 0 Å². The monoisotopic (exact) mass is 416 g/mol. The molecular formula is C25H24N2O4. The number of fused-ring (bicyclic) bond motifs is 5. The number of rotatable bonds is 6. The van der Waals surface area contributed by atoms with Gasteiger partial charge in [-0.25, -0.2) is 0 Å². The van der Waals surface area contributed by atoms with Gasteiger partial charge >= 0.3 is 0 Å². The van der Waals surface area contributed by atoms with Crippen molar-refractivity contribution in [1.82, 2.24) is 4.90 Å². The highest BCUT2D eigenvalue weighted by molar-refractivity contribution is 6.10. The Bertz CT molecular complexity index is 1020. The van der Waals surface area contributed by atoms with E-state index < -0.39 is 0 Å². The molecule has 6 heteroatoms. The Balaban J connectivity index is 1.39. The SMILES string of the molecule is COc1ccc(N(Cc2ccccc2)C(=O)CN2C(=O)C3C4C=CC(C4)C3C2=O)cc1. The van der Waals surface area contributed by atoms with Crippen LogP contribution in [0.15, 0.2) is 66.7 Å². The van der Waals surface area contributed by atoms with Crippen LogP contribution < -0.4 is 9.64 Å². The maximum absolute atomic E-state index is 13.4. The second-order valence-corrected chi connectivity index (χ2v) is 8.43. The van der Waals surface area contributed by atoms with E-state index in [4.69, 9.17) is 4.74 Å². The van der Waals surface area contributed by atoms with Crippen molar-refractivity contribution >= 4 is 23.4 Å². The number of ether oxygens (including phenoxy) is 1. The Morgan fingerprint density at radius 2 is 1.58 bits per heavy atom. The van der Waals surface area contributed by atoms with Gasteiger partial charge in [0.25, 0.3) is 0 Å². The molecule has 2 aliphatic carbocycles. The minimum absolute atomic E-state index is 0.133. The number of hydrogen-bond acceptors (Lipinski definition) is 4. The molecule has 0 radical (unpaired) electrons. The number of allylic oxidation sites excluding steroid dienone is 2. The Hall–Kier alpha value is -3.41. The fourth-order valence-corrected chi connectivity index (χ4v) is 5.19. The first-order valence-electron chi connectivity index (χ1n) is 10.6. The number of amides is 3. The smallest absolute Gasteiger partial charge is 0.247 e. The average Bonchev–Trinajstić information content (AvgIpc) is 3.48. The number of imide groups is 1. The highest BCUT2D eigenvalue weighted by Crippen LogP contribution is 2.52.